The third-order valence-corrected chi connectivity index (χ3v) is 8.37. The van der Waals surface area contributed by atoms with Crippen molar-refractivity contribution < 1.29 is 19.7 Å². The molecule has 0 amide bonds. The number of carbonyl (C=O) groups is 1. The SMILES string of the molecule is CCCCOC1C(CCC(C)CCC/C(C)=C/CCC(C)(O)CCCC(C)C(C)=O)=CC(O)C(C)=C1C. The van der Waals surface area contributed by atoms with Gasteiger partial charge in [-0.05, 0) is 128 Å². The molecule has 5 atom stereocenters. The molecule has 37 heavy (non-hydrogen) atoms. The molecule has 0 radical (unpaired) electrons. The summed E-state index contributed by atoms with van der Waals surface area (Å²) in [6.07, 6.45) is 15.8. The third-order valence-electron chi connectivity index (χ3n) is 8.37. The number of ketones is 1. The molecule has 0 aliphatic heterocycles. The molecule has 0 aromatic rings. The molecule has 1 aliphatic carbocycles. The number of aliphatic hydroxyl groups is 2. The molecule has 0 aromatic heterocycles. The van der Waals surface area contributed by atoms with Crippen molar-refractivity contribution >= 4 is 5.78 Å². The minimum atomic E-state index is -0.659. The van der Waals surface area contributed by atoms with E-state index in [1.54, 1.807) is 6.92 Å². The molecule has 5 unspecified atom stereocenters. The average Bonchev–Trinajstić information content (AvgIpc) is 2.82. The Balaban J connectivity index is 2.38. The lowest BCUT2D eigenvalue weighted by atomic mass is 9.85. The first-order valence-electron chi connectivity index (χ1n) is 14.9. The van der Waals surface area contributed by atoms with E-state index >= 15 is 0 Å². The fourth-order valence-electron chi connectivity index (χ4n) is 5.06. The molecule has 0 fully saturated rings. The van der Waals surface area contributed by atoms with Crippen LogP contribution < -0.4 is 0 Å². The first-order chi connectivity index (χ1) is 17.4. The van der Waals surface area contributed by atoms with E-state index in [1.165, 1.54) is 29.6 Å². The van der Waals surface area contributed by atoms with Crippen LogP contribution in [0.3, 0.4) is 0 Å². The highest BCUT2D eigenvalue weighted by Gasteiger charge is 2.26. The number of unbranched alkanes of at least 4 members (excludes halogenated alkanes) is 1. The number of rotatable bonds is 19. The minimum absolute atomic E-state index is 0.0297. The van der Waals surface area contributed by atoms with E-state index in [0.717, 1.165) is 76.4 Å². The fraction of sp³-hybridized carbons (Fsp3) is 0.788. The number of hydrogen-bond acceptors (Lipinski definition) is 4. The van der Waals surface area contributed by atoms with Crippen LogP contribution in [-0.2, 0) is 9.53 Å². The number of ether oxygens (including phenoxy) is 1. The molecule has 0 bridgehead atoms. The van der Waals surface area contributed by atoms with Crippen LogP contribution in [0.5, 0.6) is 0 Å². The van der Waals surface area contributed by atoms with Gasteiger partial charge in [-0.25, -0.2) is 0 Å². The van der Waals surface area contributed by atoms with Crippen molar-refractivity contribution in [3.63, 3.8) is 0 Å². The summed E-state index contributed by atoms with van der Waals surface area (Å²) in [6.45, 7) is 17.2. The zero-order chi connectivity index (χ0) is 28.0. The van der Waals surface area contributed by atoms with E-state index < -0.39 is 11.7 Å². The van der Waals surface area contributed by atoms with Gasteiger partial charge < -0.3 is 14.9 Å². The van der Waals surface area contributed by atoms with Gasteiger partial charge >= 0.3 is 0 Å². The summed E-state index contributed by atoms with van der Waals surface area (Å²) in [5.74, 6) is 0.963. The Morgan fingerprint density at radius 3 is 2.43 bits per heavy atom. The average molecular weight is 519 g/mol. The molecule has 0 saturated heterocycles. The van der Waals surface area contributed by atoms with Gasteiger partial charge in [0.05, 0.1) is 17.8 Å². The van der Waals surface area contributed by atoms with Crippen LogP contribution in [0.1, 0.15) is 132 Å². The molecule has 0 spiro atoms. The van der Waals surface area contributed by atoms with E-state index in [4.69, 9.17) is 4.74 Å². The normalized spacial score (nSPS) is 22.0. The summed E-state index contributed by atoms with van der Waals surface area (Å²) in [6, 6.07) is 0. The number of allylic oxidation sites excluding steroid dienone is 2. The van der Waals surface area contributed by atoms with Gasteiger partial charge in [-0.15, -0.1) is 0 Å². The van der Waals surface area contributed by atoms with Crippen molar-refractivity contribution in [2.45, 2.75) is 150 Å². The summed E-state index contributed by atoms with van der Waals surface area (Å²) in [5, 5.41) is 21.1. The van der Waals surface area contributed by atoms with Crippen LogP contribution in [0.15, 0.2) is 34.4 Å². The van der Waals surface area contributed by atoms with Crippen LogP contribution in [-0.4, -0.2) is 40.4 Å². The number of hydrogen-bond donors (Lipinski definition) is 2. The Bertz CT molecular complexity index is 773. The van der Waals surface area contributed by atoms with Crippen LogP contribution >= 0.6 is 0 Å². The van der Waals surface area contributed by atoms with Crippen molar-refractivity contribution in [2.75, 3.05) is 6.61 Å². The van der Waals surface area contributed by atoms with Gasteiger partial charge in [0.2, 0.25) is 0 Å². The molecule has 214 valence electrons. The third kappa shape index (κ3) is 13.4. The standard InChI is InChI=1S/C33H58O4/c1-9-10-22-37-32-28(6)27(5)31(35)23-30(32)19-18-25(3)15-11-14-24(2)16-12-20-33(8,36)21-13-17-26(4)29(7)34/h16,23,25-26,31-32,35-36H,9-15,17-22H2,1-8H3/b24-16+. The zero-order valence-corrected chi connectivity index (χ0v) is 25.4. The molecule has 4 heteroatoms. The maximum atomic E-state index is 11.4. The van der Waals surface area contributed by atoms with Gasteiger partial charge in [0, 0.05) is 12.5 Å². The van der Waals surface area contributed by atoms with E-state index in [-0.39, 0.29) is 17.8 Å². The first kappa shape index (κ1) is 33.8. The van der Waals surface area contributed by atoms with Crippen molar-refractivity contribution in [3.8, 4) is 0 Å². The van der Waals surface area contributed by atoms with Gasteiger partial charge in [0.25, 0.3) is 0 Å². The molecular weight excluding hydrogens is 460 g/mol. The Kier molecular flexibility index (Phi) is 15.9. The predicted molar refractivity (Wildman–Crippen MR) is 157 cm³/mol. The van der Waals surface area contributed by atoms with Crippen LogP contribution in [0, 0.1) is 11.8 Å². The molecule has 0 heterocycles. The van der Waals surface area contributed by atoms with E-state index in [0.29, 0.717) is 5.92 Å². The Morgan fingerprint density at radius 1 is 1.08 bits per heavy atom. The zero-order valence-electron chi connectivity index (χ0n) is 25.4. The molecule has 1 rings (SSSR count). The lowest BCUT2D eigenvalue weighted by molar-refractivity contribution is -0.120. The highest BCUT2D eigenvalue weighted by molar-refractivity contribution is 5.77. The first-order valence-corrected chi connectivity index (χ1v) is 14.9. The number of aliphatic hydroxyl groups excluding tert-OH is 1. The maximum Gasteiger partial charge on any atom is 0.132 e. The minimum Gasteiger partial charge on any atom is -0.390 e. The second-order valence-electron chi connectivity index (χ2n) is 12.2. The predicted octanol–water partition coefficient (Wildman–Crippen LogP) is 8.27. The largest absolute Gasteiger partial charge is 0.390 e. The summed E-state index contributed by atoms with van der Waals surface area (Å²) in [5.41, 5.74) is 4.21. The van der Waals surface area contributed by atoms with Crippen molar-refractivity contribution in [3.05, 3.63) is 34.4 Å². The highest BCUT2D eigenvalue weighted by Crippen LogP contribution is 2.32. The number of carbonyl (C=O) groups excluding carboxylic acids is 1. The van der Waals surface area contributed by atoms with E-state index in [9.17, 15) is 15.0 Å². The van der Waals surface area contributed by atoms with Gasteiger partial charge in [-0.3, -0.25) is 4.79 Å². The van der Waals surface area contributed by atoms with Gasteiger partial charge in [0.1, 0.15) is 5.78 Å². The lowest BCUT2D eigenvalue weighted by Crippen LogP contribution is -2.27. The van der Waals surface area contributed by atoms with E-state index in [2.05, 4.69) is 33.8 Å². The summed E-state index contributed by atoms with van der Waals surface area (Å²) in [4.78, 5) is 11.4. The Labute approximate surface area is 228 Å². The second-order valence-corrected chi connectivity index (χ2v) is 12.2. The topological polar surface area (TPSA) is 66.8 Å². The van der Waals surface area contributed by atoms with Crippen LogP contribution in [0.25, 0.3) is 0 Å². The molecule has 0 saturated carbocycles. The quantitative estimate of drug-likeness (QED) is 0.133. The fourth-order valence-corrected chi connectivity index (χ4v) is 5.06. The molecule has 4 nitrogen and oxygen atoms in total. The van der Waals surface area contributed by atoms with Crippen molar-refractivity contribution in [1.29, 1.82) is 0 Å². The smallest absolute Gasteiger partial charge is 0.132 e. The molecule has 2 N–H and O–H groups in total. The summed E-state index contributed by atoms with van der Waals surface area (Å²) in [7, 11) is 0. The Hall–Kier alpha value is -1.23. The van der Waals surface area contributed by atoms with Crippen LogP contribution in [0.4, 0.5) is 0 Å². The Morgan fingerprint density at radius 2 is 1.78 bits per heavy atom. The second kappa shape index (κ2) is 17.4. The lowest BCUT2D eigenvalue weighted by Gasteiger charge is -2.30. The van der Waals surface area contributed by atoms with Gasteiger partial charge in [0.15, 0.2) is 0 Å². The molecule has 0 aromatic carbocycles. The monoisotopic (exact) mass is 518 g/mol. The van der Waals surface area contributed by atoms with Crippen LogP contribution in [0.2, 0.25) is 0 Å². The van der Waals surface area contributed by atoms with Gasteiger partial charge in [-0.1, -0.05) is 45.3 Å². The molecular formula is C33H58O4. The van der Waals surface area contributed by atoms with Crippen molar-refractivity contribution in [2.24, 2.45) is 11.8 Å². The van der Waals surface area contributed by atoms with Gasteiger partial charge in [-0.2, -0.15) is 0 Å². The van der Waals surface area contributed by atoms with Crippen molar-refractivity contribution in [1.82, 2.24) is 0 Å². The number of Topliss-reactive ketones (excluding diaryl/α,β-unsaturated/α-hetero) is 1. The maximum absolute atomic E-state index is 11.4. The highest BCUT2D eigenvalue weighted by atomic mass is 16.5. The summed E-state index contributed by atoms with van der Waals surface area (Å²) < 4.78 is 6.24. The van der Waals surface area contributed by atoms with E-state index in [1.807, 2.05) is 26.8 Å². The molecule has 1 aliphatic rings. The summed E-state index contributed by atoms with van der Waals surface area (Å²) >= 11 is 0.